The van der Waals surface area contributed by atoms with Crippen LogP contribution < -0.4 is 5.32 Å². The fourth-order valence-electron chi connectivity index (χ4n) is 1.47. The second kappa shape index (κ2) is 5.50. The van der Waals surface area contributed by atoms with Crippen LogP contribution in [0.25, 0.3) is 0 Å². The van der Waals surface area contributed by atoms with Crippen LogP contribution in [0.15, 0.2) is 18.2 Å². The Bertz CT molecular complexity index is 649. The van der Waals surface area contributed by atoms with Crippen molar-refractivity contribution in [3.05, 3.63) is 45.6 Å². The van der Waals surface area contributed by atoms with E-state index in [0.717, 1.165) is 0 Å². The average molecular weight is 300 g/mol. The van der Waals surface area contributed by atoms with Crippen molar-refractivity contribution < 1.29 is 9.18 Å². The molecule has 0 aliphatic rings. The number of aryl methyl sites for hydroxylation is 1. The highest BCUT2D eigenvalue weighted by Gasteiger charge is 2.13. The van der Waals surface area contributed by atoms with Gasteiger partial charge in [-0.1, -0.05) is 23.2 Å². The van der Waals surface area contributed by atoms with Crippen molar-refractivity contribution in [2.75, 3.05) is 5.32 Å². The predicted molar refractivity (Wildman–Crippen MR) is 71.9 cm³/mol. The summed E-state index contributed by atoms with van der Waals surface area (Å²) in [5.74, 6) is -0.0251. The minimum atomic E-state index is -0.520. The van der Waals surface area contributed by atoms with Gasteiger partial charge in [-0.2, -0.15) is 0 Å². The molecule has 7 heteroatoms. The molecule has 1 aromatic heterocycles. The number of carbonyl (C=O) groups excluding carboxylic acids is 1. The van der Waals surface area contributed by atoms with E-state index in [-0.39, 0.29) is 22.2 Å². The number of rotatable bonds is 3. The Morgan fingerprint density at radius 2 is 2.05 bits per heavy atom. The second-order valence-corrected chi connectivity index (χ2v) is 4.49. The smallest absolute Gasteiger partial charge is 0.156 e. The zero-order chi connectivity index (χ0) is 14.0. The first-order valence-corrected chi connectivity index (χ1v) is 5.98. The minimum absolute atomic E-state index is 0.00689. The molecule has 1 heterocycles. The molecule has 0 spiro atoms. The van der Waals surface area contributed by atoms with E-state index in [1.165, 1.54) is 18.2 Å². The molecule has 2 aromatic rings. The van der Waals surface area contributed by atoms with Crippen molar-refractivity contribution in [2.45, 2.75) is 6.92 Å². The lowest BCUT2D eigenvalue weighted by molar-refractivity contribution is 0.112. The molecule has 0 aliphatic heterocycles. The molecule has 0 radical (unpaired) electrons. The fourth-order valence-corrected chi connectivity index (χ4v) is 1.90. The number of nitrogens with zero attached hydrogens (tertiary/aromatic N) is 2. The number of halogens is 3. The van der Waals surface area contributed by atoms with Crippen LogP contribution in [-0.4, -0.2) is 16.3 Å². The van der Waals surface area contributed by atoms with Gasteiger partial charge >= 0.3 is 0 Å². The topological polar surface area (TPSA) is 54.9 Å². The number of aromatic nitrogens is 2. The molecule has 0 atom stereocenters. The molecule has 0 fully saturated rings. The van der Waals surface area contributed by atoms with Gasteiger partial charge in [0.2, 0.25) is 0 Å². The molecule has 19 heavy (non-hydrogen) atoms. The highest BCUT2D eigenvalue weighted by Crippen LogP contribution is 2.26. The normalized spacial score (nSPS) is 10.3. The van der Waals surface area contributed by atoms with Gasteiger partial charge in [-0.15, -0.1) is 0 Å². The molecule has 1 N–H and O–H groups in total. The lowest BCUT2D eigenvalue weighted by Gasteiger charge is -2.10. The van der Waals surface area contributed by atoms with Gasteiger partial charge in [0.15, 0.2) is 6.29 Å². The number of aldehydes is 1. The summed E-state index contributed by atoms with van der Waals surface area (Å²) in [7, 11) is 0. The van der Waals surface area contributed by atoms with E-state index in [4.69, 9.17) is 23.2 Å². The lowest BCUT2D eigenvalue weighted by atomic mass is 10.2. The van der Waals surface area contributed by atoms with Crippen LogP contribution in [0.2, 0.25) is 10.2 Å². The zero-order valence-corrected chi connectivity index (χ0v) is 11.3. The zero-order valence-electron chi connectivity index (χ0n) is 9.75. The van der Waals surface area contributed by atoms with Crippen molar-refractivity contribution in [3.8, 4) is 0 Å². The van der Waals surface area contributed by atoms with E-state index in [0.29, 0.717) is 17.1 Å². The monoisotopic (exact) mass is 299 g/mol. The van der Waals surface area contributed by atoms with Crippen LogP contribution in [0.1, 0.15) is 16.2 Å². The number of hydrogen-bond donors (Lipinski definition) is 1. The van der Waals surface area contributed by atoms with Crippen LogP contribution in [0.3, 0.4) is 0 Å². The van der Waals surface area contributed by atoms with Gasteiger partial charge in [-0.3, -0.25) is 4.79 Å². The van der Waals surface area contributed by atoms with Crippen molar-refractivity contribution in [2.24, 2.45) is 0 Å². The fraction of sp³-hybridized carbons (Fsp3) is 0.0833. The Kier molecular flexibility index (Phi) is 3.97. The Morgan fingerprint density at radius 3 is 2.74 bits per heavy atom. The first kappa shape index (κ1) is 13.7. The minimum Gasteiger partial charge on any atom is -0.337 e. The maximum atomic E-state index is 13.6. The molecule has 2 rings (SSSR count). The number of anilines is 2. The molecular weight excluding hydrogens is 292 g/mol. The molecule has 1 aromatic carbocycles. The van der Waals surface area contributed by atoms with E-state index in [9.17, 15) is 9.18 Å². The molecule has 0 aliphatic carbocycles. The van der Waals surface area contributed by atoms with Gasteiger partial charge in [0.1, 0.15) is 22.6 Å². The maximum absolute atomic E-state index is 13.6. The van der Waals surface area contributed by atoms with Gasteiger partial charge in [0, 0.05) is 5.02 Å². The molecule has 4 nitrogen and oxygen atoms in total. The van der Waals surface area contributed by atoms with Gasteiger partial charge in [0.25, 0.3) is 0 Å². The van der Waals surface area contributed by atoms with E-state index in [1.54, 1.807) is 6.92 Å². The summed E-state index contributed by atoms with van der Waals surface area (Å²) in [6.45, 7) is 1.61. The summed E-state index contributed by atoms with van der Waals surface area (Å²) in [5.41, 5.74) is 0.163. The highest BCUT2D eigenvalue weighted by molar-refractivity contribution is 6.32. The predicted octanol–water partition coefficient (Wildman–Crippen LogP) is 3.79. The Labute approximate surface area is 118 Å². The van der Waals surface area contributed by atoms with E-state index in [1.807, 2.05) is 0 Å². The molecule has 0 saturated carbocycles. The summed E-state index contributed by atoms with van der Waals surface area (Å²) >= 11 is 11.6. The van der Waals surface area contributed by atoms with Crippen molar-refractivity contribution in [1.82, 2.24) is 9.97 Å². The highest BCUT2D eigenvalue weighted by atomic mass is 35.5. The number of carbonyl (C=O) groups is 1. The number of benzene rings is 1. The summed E-state index contributed by atoms with van der Waals surface area (Å²) in [5, 5.41) is 3.05. The third-order valence-corrected chi connectivity index (χ3v) is 2.83. The Morgan fingerprint density at radius 1 is 1.32 bits per heavy atom. The van der Waals surface area contributed by atoms with Crippen LogP contribution in [0, 0.1) is 12.7 Å². The van der Waals surface area contributed by atoms with Crippen molar-refractivity contribution in [3.63, 3.8) is 0 Å². The first-order chi connectivity index (χ1) is 9.01. The van der Waals surface area contributed by atoms with Crippen molar-refractivity contribution in [1.29, 1.82) is 0 Å². The van der Waals surface area contributed by atoms with Crippen molar-refractivity contribution >= 4 is 41.0 Å². The molecule has 0 bridgehead atoms. The summed E-state index contributed by atoms with van der Waals surface area (Å²) < 4.78 is 13.6. The molecule has 0 unspecified atom stereocenters. The maximum Gasteiger partial charge on any atom is 0.156 e. The number of hydrogen-bond acceptors (Lipinski definition) is 4. The van der Waals surface area contributed by atoms with Crippen LogP contribution in [0.5, 0.6) is 0 Å². The third-order valence-electron chi connectivity index (χ3n) is 2.31. The largest absolute Gasteiger partial charge is 0.337 e. The number of nitrogens with one attached hydrogen (secondary N) is 1. The summed E-state index contributed by atoms with van der Waals surface area (Å²) in [4.78, 5) is 18.9. The molecule has 0 saturated heterocycles. The quantitative estimate of drug-likeness (QED) is 0.692. The van der Waals surface area contributed by atoms with Crippen LogP contribution >= 0.6 is 23.2 Å². The SMILES string of the molecule is Cc1nc(Cl)c(C=O)c(Nc2cc(Cl)ccc2F)n1. The van der Waals surface area contributed by atoms with Crippen LogP contribution in [0.4, 0.5) is 15.9 Å². The van der Waals surface area contributed by atoms with Gasteiger partial charge < -0.3 is 5.32 Å². The van der Waals surface area contributed by atoms with Crippen LogP contribution in [-0.2, 0) is 0 Å². The molecule has 0 amide bonds. The first-order valence-electron chi connectivity index (χ1n) is 5.22. The summed E-state index contributed by atoms with van der Waals surface area (Å²) in [6.07, 6.45) is 0.507. The molecule has 98 valence electrons. The van der Waals surface area contributed by atoms with Gasteiger partial charge in [-0.05, 0) is 25.1 Å². The van der Waals surface area contributed by atoms with E-state index in [2.05, 4.69) is 15.3 Å². The van der Waals surface area contributed by atoms with E-state index >= 15 is 0 Å². The van der Waals surface area contributed by atoms with Gasteiger partial charge in [0.05, 0.1) is 11.3 Å². The lowest BCUT2D eigenvalue weighted by Crippen LogP contribution is -2.04. The standard InChI is InChI=1S/C12H8Cl2FN3O/c1-6-16-11(14)8(5-19)12(17-6)18-10-4-7(13)2-3-9(10)15/h2-5H,1H3,(H,16,17,18). The average Bonchev–Trinajstić information content (AvgIpc) is 2.33. The molecular formula is C12H8Cl2FN3O. The van der Waals surface area contributed by atoms with E-state index < -0.39 is 5.82 Å². The Balaban J connectivity index is 2.48. The summed E-state index contributed by atoms with van der Waals surface area (Å²) in [6, 6.07) is 4.01. The van der Waals surface area contributed by atoms with Gasteiger partial charge in [-0.25, -0.2) is 14.4 Å². The third kappa shape index (κ3) is 3.00. The second-order valence-electron chi connectivity index (χ2n) is 3.69. The Hall–Kier alpha value is -1.72.